The molecule has 1 aromatic rings. The summed E-state index contributed by atoms with van der Waals surface area (Å²) >= 11 is 0. The van der Waals surface area contributed by atoms with E-state index in [-0.39, 0.29) is 29.9 Å². The van der Waals surface area contributed by atoms with E-state index < -0.39 is 0 Å². The molecule has 2 saturated heterocycles. The second-order valence-electron chi connectivity index (χ2n) is 6.29. The quantitative estimate of drug-likeness (QED) is 0.814. The SMILES string of the molecule is COc1nc(OC)nc(N2CCCC(C(=O)NC3CCOCC3)C2)n1. The van der Waals surface area contributed by atoms with Crippen molar-refractivity contribution in [1.82, 2.24) is 20.3 Å². The normalized spacial score (nSPS) is 21.7. The van der Waals surface area contributed by atoms with Crippen LogP contribution in [0.1, 0.15) is 25.7 Å². The monoisotopic (exact) mass is 351 g/mol. The van der Waals surface area contributed by atoms with Crippen LogP contribution in [0.2, 0.25) is 0 Å². The maximum absolute atomic E-state index is 12.6. The molecule has 0 aliphatic carbocycles. The summed E-state index contributed by atoms with van der Waals surface area (Å²) in [6.07, 6.45) is 3.53. The smallest absolute Gasteiger partial charge is 0.324 e. The maximum Gasteiger partial charge on any atom is 0.324 e. The number of hydrogen-bond donors (Lipinski definition) is 1. The molecule has 138 valence electrons. The molecule has 25 heavy (non-hydrogen) atoms. The maximum atomic E-state index is 12.6. The van der Waals surface area contributed by atoms with E-state index in [1.165, 1.54) is 14.2 Å². The van der Waals surface area contributed by atoms with Crippen molar-refractivity contribution in [2.75, 3.05) is 45.4 Å². The van der Waals surface area contributed by atoms with E-state index in [1.54, 1.807) is 0 Å². The van der Waals surface area contributed by atoms with Gasteiger partial charge in [-0.25, -0.2) is 0 Å². The van der Waals surface area contributed by atoms with Gasteiger partial charge in [-0.15, -0.1) is 4.98 Å². The van der Waals surface area contributed by atoms with Gasteiger partial charge in [-0.2, -0.15) is 9.97 Å². The second kappa shape index (κ2) is 8.28. The van der Waals surface area contributed by atoms with Gasteiger partial charge in [-0.05, 0) is 25.7 Å². The van der Waals surface area contributed by atoms with Gasteiger partial charge in [0.15, 0.2) is 0 Å². The van der Waals surface area contributed by atoms with Crippen molar-refractivity contribution in [2.45, 2.75) is 31.7 Å². The first kappa shape index (κ1) is 17.7. The predicted molar refractivity (Wildman–Crippen MR) is 89.9 cm³/mol. The summed E-state index contributed by atoms with van der Waals surface area (Å²) in [7, 11) is 3.00. The highest BCUT2D eigenvalue weighted by atomic mass is 16.5. The van der Waals surface area contributed by atoms with E-state index >= 15 is 0 Å². The number of rotatable bonds is 5. The van der Waals surface area contributed by atoms with E-state index in [0.29, 0.717) is 25.7 Å². The molecular formula is C16H25N5O4. The first-order valence-corrected chi connectivity index (χ1v) is 8.66. The van der Waals surface area contributed by atoms with Gasteiger partial charge < -0.3 is 24.4 Å². The highest BCUT2D eigenvalue weighted by Gasteiger charge is 2.29. The molecule has 1 amide bonds. The zero-order valence-corrected chi connectivity index (χ0v) is 14.7. The van der Waals surface area contributed by atoms with Gasteiger partial charge >= 0.3 is 12.0 Å². The minimum Gasteiger partial charge on any atom is -0.467 e. The number of methoxy groups -OCH3 is 2. The van der Waals surface area contributed by atoms with Crippen LogP contribution < -0.4 is 19.7 Å². The molecule has 3 heterocycles. The van der Waals surface area contributed by atoms with Crippen LogP contribution in [0, 0.1) is 5.92 Å². The minimum absolute atomic E-state index is 0.0784. The summed E-state index contributed by atoms with van der Waals surface area (Å²) < 4.78 is 15.5. The van der Waals surface area contributed by atoms with Crippen LogP contribution in [0.15, 0.2) is 0 Å². The Morgan fingerprint density at radius 1 is 1.12 bits per heavy atom. The molecule has 1 atom stereocenters. The highest BCUT2D eigenvalue weighted by Crippen LogP contribution is 2.23. The van der Waals surface area contributed by atoms with E-state index in [1.807, 2.05) is 4.90 Å². The first-order chi connectivity index (χ1) is 12.2. The van der Waals surface area contributed by atoms with Crippen molar-refractivity contribution in [3.63, 3.8) is 0 Å². The van der Waals surface area contributed by atoms with Crippen molar-refractivity contribution in [2.24, 2.45) is 5.92 Å². The Kier molecular flexibility index (Phi) is 5.85. The molecule has 2 aliphatic rings. The Morgan fingerprint density at radius 3 is 2.44 bits per heavy atom. The molecule has 0 saturated carbocycles. The van der Waals surface area contributed by atoms with Crippen molar-refractivity contribution >= 4 is 11.9 Å². The number of aromatic nitrogens is 3. The number of ether oxygens (including phenoxy) is 3. The molecule has 0 aromatic carbocycles. The van der Waals surface area contributed by atoms with Gasteiger partial charge in [0.05, 0.1) is 20.1 Å². The third-order valence-electron chi connectivity index (χ3n) is 4.59. The van der Waals surface area contributed by atoms with Crippen LogP contribution in [0.4, 0.5) is 5.95 Å². The third-order valence-corrected chi connectivity index (χ3v) is 4.59. The second-order valence-corrected chi connectivity index (χ2v) is 6.29. The summed E-state index contributed by atoms with van der Waals surface area (Å²) in [6, 6.07) is 0.625. The standard InChI is InChI=1S/C16H25N5O4/c1-23-15-18-14(19-16(20-15)24-2)21-7-3-4-11(10-21)13(22)17-12-5-8-25-9-6-12/h11-12H,3-10H2,1-2H3,(H,17,22). The molecule has 9 nitrogen and oxygen atoms in total. The van der Waals surface area contributed by atoms with E-state index in [2.05, 4.69) is 20.3 Å². The third kappa shape index (κ3) is 4.47. The molecule has 1 aromatic heterocycles. The Morgan fingerprint density at radius 2 is 1.80 bits per heavy atom. The largest absolute Gasteiger partial charge is 0.467 e. The van der Waals surface area contributed by atoms with E-state index in [4.69, 9.17) is 14.2 Å². The Labute approximate surface area is 147 Å². The van der Waals surface area contributed by atoms with Crippen LogP contribution in [0.25, 0.3) is 0 Å². The number of hydrogen-bond acceptors (Lipinski definition) is 8. The lowest BCUT2D eigenvalue weighted by Crippen LogP contribution is -2.47. The lowest BCUT2D eigenvalue weighted by Gasteiger charge is -2.33. The Bertz CT molecular complexity index is 572. The molecule has 2 fully saturated rings. The van der Waals surface area contributed by atoms with Gasteiger partial charge in [-0.3, -0.25) is 4.79 Å². The number of piperidine rings is 1. The van der Waals surface area contributed by atoms with Crippen molar-refractivity contribution < 1.29 is 19.0 Å². The van der Waals surface area contributed by atoms with Gasteiger partial charge in [0.1, 0.15) is 0 Å². The van der Waals surface area contributed by atoms with Crippen molar-refractivity contribution in [1.29, 1.82) is 0 Å². The molecule has 9 heteroatoms. The number of nitrogens with zero attached hydrogens (tertiary/aromatic N) is 4. The zero-order chi connectivity index (χ0) is 17.6. The van der Waals surface area contributed by atoms with Crippen molar-refractivity contribution in [3.05, 3.63) is 0 Å². The summed E-state index contributed by atoms with van der Waals surface area (Å²) in [5, 5.41) is 3.16. The molecular weight excluding hydrogens is 326 g/mol. The van der Waals surface area contributed by atoms with Crippen LogP contribution in [-0.4, -0.2) is 67.4 Å². The molecule has 2 aliphatic heterocycles. The average Bonchev–Trinajstić information content (AvgIpc) is 2.68. The molecule has 0 bridgehead atoms. The fourth-order valence-corrected chi connectivity index (χ4v) is 3.19. The van der Waals surface area contributed by atoms with Gasteiger partial charge in [0.2, 0.25) is 11.9 Å². The lowest BCUT2D eigenvalue weighted by atomic mass is 9.96. The predicted octanol–water partition coefficient (Wildman–Crippen LogP) is 0.400. The topological polar surface area (TPSA) is 98.7 Å². The molecule has 3 rings (SSSR count). The van der Waals surface area contributed by atoms with Crippen LogP contribution in [0.3, 0.4) is 0 Å². The number of anilines is 1. The van der Waals surface area contributed by atoms with E-state index in [9.17, 15) is 4.79 Å². The number of amides is 1. The van der Waals surface area contributed by atoms with Crippen molar-refractivity contribution in [3.8, 4) is 12.0 Å². The lowest BCUT2D eigenvalue weighted by molar-refractivity contribution is -0.126. The fraction of sp³-hybridized carbons (Fsp3) is 0.750. The number of carbonyl (C=O) groups excluding carboxylic acids is 1. The van der Waals surface area contributed by atoms with Crippen LogP contribution in [0.5, 0.6) is 12.0 Å². The van der Waals surface area contributed by atoms with E-state index in [0.717, 1.165) is 32.2 Å². The number of carbonyl (C=O) groups is 1. The molecule has 0 spiro atoms. The summed E-state index contributed by atoms with van der Waals surface area (Å²) in [6.45, 7) is 2.79. The Hall–Kier alpha value is -2.16. The van der Waals surface area contributed by atoms with Crippen LogP contribution in [-0.2, 0) is 9.53 Å². The summed E-state index contributed by atoms with van der Waals surface area (Å²) in [5.41, 5.74) is 0. The van der Waals surface area contributed by atoms with Gasteiger partial charge in [-0.1, -0.05) is 0 Å². The van der Waals surface area contributed by atoms with Gasteiger partial charge in [0, 0.05) is 32.3 Å². The summed E-state index contributed by atoms with van der Waals surface area (Å²) in [4.78, 5) is 27.2. The number of nitrogens with one attached hydrogen (secondary N) is 1. The summed E-state index contributed by atoms with van der Waals surface area (Å²) in [5.74, 6) is 0.502. The highest BCUT2D eigenvalue weighted by molar-refractivity contribution is 5.79. The zero-order valence-electron chi connectivity index (χ0n) is 14.7. The fourth-order valence-electron chi connectivity index (χ4n) is 3.19. The minimum atomic E-state index is -0.0784. The average molecular weight is 351 g/mol. The molecule has 0 radical (unpaired) electrons. The Balaban J connectivity index is 1.65. The first-order valence-electron chi connectivity index (χ1n) is 8.66. The molecule has 1 unspecified atom stereocenters. The van der Waals surface area contributed by atoms with Crippen LogP contribution >= 0.6 is 0 Å². The van der Waals surface area contributed by atoms with Gasteiger partial charge in [0.25, 0.3) is 0 Å². The molecule has 1 N–H and O–H groups in total.